The lowest BCUT2D eigenvalue weighted by molar-refractivity contribution is 0.554. The van der Waals surface area contributed by atoms with Crippen LogP contribution in [0.5, 0.6) is 0 Å². The molecular weight excluding hydrogens is 310 g/mol. The maximum atomic E-state index is 12.2. The van der Waals surface area contributed by atoms with E-state index in [4.69, 9.17) is 11.6 Å². The second kappa shape index (κ2) is 6.17. The molecule has 114 valence electrons. The number of nitrogens with one attached hydrogen (secondary N) is 1. The summed E-state index contributed by atoms with van der Waals surface area (Å²) < 4.78 is 28.7. The van der Waals surface area contributed by atoms with Crippen LogP contribution in [0.25, 0.3) is 0 Å². The van der Waals surface area contributed by atoms with Crippen LogP contribution in [-0.2, 0) is 16.6 Å². The predicted molar refractivity (Wildman–Crippen MR) is 83.1 cm³/mol. The normalized spacial score (nSPS) is 11.8. The molecule has 0 spiro atoms. The van der Waals surface area contributed by atoms with Gasteiger partial charge in [0.1, 0.15) is 0 Å². The van der Waals surface area contributed by atoms with Crippen LogP contribution in [-0.4, -0.2) is 24.7 Å². The van der Waals surface area contributed by atoms with E-state index in [9.17, 15) is 8.42 Å². The second-order valence-electron chi connectivity index (χ2n) is 4.96. The van der Waals surface area contributed by atoms with Gasteiger partial charge in [0, 0.05) is 17.3 Å². The average molecular weight is 328 g/mol. The van der Waals surface area contributed by atoms with E-state index in [2.05, 4.69) is 9.82 Å². The Morgan fingerprint density at radius 2 is 1.95 bits per heavy atom. The van der Waals surface area contributed by atoms with Crippen molar-refractivity contribution < 1.29 is 8.42 Å². The van der Waals surface area contributed by atoms with Crippen molar-refractivity contribution in [1.29, 1.82) is 0 Å². The molecule has 5 nitrogen and oxygen atoms in total. The highest BCUT2D eigenvalue weighted by Gasteiger charge is 2.14. The number of aromatic nitrogens is 2. The molecule has 0 amide bonds. The topological polar surface area (TPSA) is 64.0 Å². The minimum Gasteiger partial charge on any atom is -0.268 e. The van der Waals surface area contributed by atoms with E-state index < -0.39 is 10.0 Å². The Bertz CT molecular complexity index is 754. The summed E-state index contributed by atoms with van der Waals surface area (Å²) in [4.78, 5) is 0.173. The Kier molecular flexibility index (Phi) is 4.70. The second-order valence-corrected chi connectivity index (χ2v) is 7.13. The number of hydrogen-bond donors (Lipinski definition) is 1. The Balaban J connectivity index is 2.04. The molecule has 0 atom stereocenters. The van der Waals surface area contributed by atoms with Gasteiger partial charge in [-0.15, -0.1) is 0 Å². The summed E-state index contributed by atoms with van der Waals surface area (Å²) in [5.41, 5.74) is 2.77. The third-order valence-corrected chi connectivity index (χ3v) is 5.04. The molecule has 0 aliphatic rings. The summed E-state index contributed by atoms with van der Waals surface area (Å²) in [7, 11) is -3.55. The first-order valence-electron chi connectivity index (χ1n) is 6.56. The van der Waals surface area contributed by atoms with Gasteiger partial charge in [0.2, 0.25) is 10.0 Å². The van der Waals surface area contributed by atoms with Crippen molar-refractivity contribution >= 4 is 21.6 Å². The average Bonchev–Trinajstić information content (AvgIpc) is 2.71. The molecule has 7 heteroatoms. The zero-order chi connectivity index (χ0) is 15.6. The highest BCUT2D eigenvalue weighted by molar-refractivity contribution is 7.89. The van der Waals surface area contributed by atoms with Crippen LogP contribution in [0.2, 0.25) is 5.02 Å². The van der Waals surface area contributed by atoms with Crippen LogP contribution in [0, 0.1) is 20.8 Å². The van der Waals surface area contributed by atoms with Crippen molar-refractivity contribution in [2.45, 2.75) is 32.2 Å². The molecule has 2 aromatic rings. The lowest BCUT2D eigenvalue weighted by atomic mass is 10.2. The SMILES string of the molecule is Cc1cc(C)n(CCNS(=O)(=O)c2ccc(C)c(Cl)c2)n1. The van der Waals surface area contributed by atoms with Crippen LogP contribution < -0.4 is 4.72 Å². The number of halogens is 1. The molecule has 1 aromatic carbocycles. The van der Waals surface area contributed by atoms with Crippen molar-refractivity contribution in [3.8, 4) is 0 Å². The number of sulfonamides is 1. The van der Waals surface area contributed by atoms with Crippen molar-refractivity contribution in [1.82, 2.24) is 14.5 Å². The monoisotopic (exact) mass is 327 g/mol. The molecule has 2 rings (SSSR count). The van der Waals surface area contributed by atoms with E-state index >= 15 is 0 Å². The lowest BCUT2D eigenvalue weighted by Crippen LogP contribution is -2.28. The molecule has 0 aliphatic carbocycles. The molecular formula is C14H18ClN3O2S. The van der Waals surface area contributed by atoms with Crippen LogP contribution in [0.4, 0.5) is 0 Å². The Morgan fingerprint density at radius 3 is 2.52 bits per heavy atom. The zero-order valence-electron chi connectivity index (χ0n) is 12.2. The van der Waals surface area contributed by atoms with Gasteiger partial charge in [-0.2, -0.15) is 5.10 Å². The number of hydrogen-bond acceptors (Lipinski definition) is 3. The molecule has 0 radical (unpaired) electrons. The van der Waals surface area contributed by atoms with Gasteiger partial charge >= 0.3 is 0 Å². The quantitative estimate of drug-likeness (QED) is 0.917. The molecule has 0 unspecified atom stereocenters. The van der Waals surface area contributed by atoms with Gasteiger partial charge in [-0.25, -0.2) is 13.1 Å². The van der Waals surface area contributed by atoms with E-state index in [0.717, 1.165) is 17.0 Å². The van der Waals surface area contributed by atoms with Crippen molar-refractivity contribution in [2.75, 3.05) is 6.54 Å². The Hall–Kier alpha value is -1.37. The summed E-state index contributed by atoms with van der Waals surface area (Å²) >= 11 is 5.97. The molecule has 0 aliphatic heterocycles. The molecule has 0 saturated carbocycles. The van der Waals surface area contributed by atoms with Gasteiger partial charge in [-0.05, 0) is 44.5 Å². The fourth-order valence-electron chi connectivity index (χ4n) is 2.01. The van der Waals surface area contributed by atoms with Crippen LogP contribution in [0.15, 0.2) is 29.2 Å². The van der Waals surface area contributed by atoms with Gasteiger partial charge in [0.25, 0.3) is 0 Å². The minimum absolute atomic E-state index is 0.173. The molecule has 0 bridgehead atoms. The molecule has 0 saturated heterocycles. The lowest BCUT2D eigenvalue weighted by Gasteiger charge is -2.09. The van der Waals surface area contributed by atoms with Crippen molar-refractivity contribution in [3.63, 3.8) is 0 Å². The first-order chi connectivity index (χ1) is 9.79. The largest absolute Gasteiger partial charge is 0.268 e. The van der Waals surface area contributed by atoms with Crippen molar-refractivity contribution in [2.24, 2.45) is 0 Å². The van der Waals surface area contributed by atoms with Crippen LogP contribution in [0.1, 0.15) is 17.0 Å². The summed E-state index contributed by atoms with van der Waals surface area (Å²) in [5, 5.41) is 4.73. The fraction of sp³-hybridized carbons (Fsp3) is 0.357. The van der Waals surface area contributed by atoms with Crippen LogP contribution >= 0.6 is 11.6 Å². The Labute approximate surface area is 130 Å². The third-order valence-electron chi connectivity index (χ3n) is 3.17. The highest BCUT2D eigenvalue weighted by atomic mass is 35.5. The first-order valence-corrected chi connectivity index (χ1v) is 8.42. The van der Waals surface area contributed by atoms with E-state index in [0.29, 0.717) is 11.6 Å². The summed E-state index contributed by atoms with van der Waals surface area (Å²) in [6.45, 7) is 6.43. The van der Waals surface area contributed by atoms with Crippen molar-refractivity contribution in [3.05, 3.63) is 46.2 Å². The smallest absolute Gasteiger partial charge is 0.240 e. The molecule has 21 heavy (non-hydrogen) atoms. The van der Waals surface area contributed by atoms with E-state index in [-0.39, 0.29) is 11.4 Å². The predicted octanol–water partition coefficient (Wildman–Crippen LogP) is 2.44. The first kappa shape index (κ1) is 16.0. The summed E-state index contributed by atoms with van der Waals surface area (Å²) in [5.74, 6) is 0. The van der Waals surface area contributed by atoms with E-state index in [1.165, 1.54) is 6.07 Å². The number of aryl methyl sites for hydroxylation is 3. The summed E-state index contributed by atoms with van der Waals surface area (Å²) in [6.07, 6.45) is 0. The van der Waals surface area contributed by atoms with Gasteiger partial charge in [-0.3, -0.25) is 4.68 Å². The summed E-state index contributed by atoms with van der Waals surface area (Å²) in [6, 6.07) is 6.65. The van der Waals surface area contributed by atoms with Gasteiger partial charge in [0.15, 0.2) is 0 Å². The Morgan fingerprint density at radius 1 is 1.24 bits per heavy atom. The minimum atomic E-state index is -3.55. The van der Waals surface area contributed by atoms with Gasteiger partial charge < -0.3 is 0 Å². The molecule has 1 N–H and O–H groups in total. The zero-order valence-corrected chi connectivity index (χ0v) is 13.8. The van der Waals surface area contributed by atoms with Crippen LogP contribution in [0.3, 0.4) is 0 Å². The fourth-order valence-corrected chi connectivity index (χ4v) is 3.30. The number of rotatable bonds is 5. The number of benzene rings is 1. The van der Waals surface area contributed by atoms with E-state index in [1.807, 2.05) is 26.8 Å². The third kappa shape index (κ3) is 3.84. The number of nitrogens with zero attached hydrogens (tertiary/aromatic N) is 2. The van der Waals surface area contributed by atoms with Gasteiger partial charge in [0.05, 0.1) is 17.1 Å². The molecule has 0 fully saturated rings. The van der Waals surface area contributed by atoms with E-state index in [1.54, 1.807) is 16.8 Å². The standard InChI is InChI=1S/C14H18ClN3O2S/c1-10-4-5-13(9-14(10)15)21(19,20)16-6-7-18-12(3)8-11(2)17-18/h4-5,8-9,16H,6-7H2,1-3H3. The maximum Gasteiger partial charge on any atom is 0.240 e. The highest BCUT2D eigenvalue weighted by Crippen LogP contribution is 2.19. The maximum absolute atomic E-state index is 12.2. The molecule has 1 heterocycles. The van der Waals surface area contributed by atoms with Gasteiger partial charge in [-0.1, -0.05) is 17.7 Å². The molecule has 1 aromatic heterocycles.